The summed E-state index contributed by atoms with van der Waals surface area (Å²) < 4.78 is 1.55. The summed E-state index contributed by atoms with van der Waals surface area (Å²) in [6.45, 7) is 18.7. The molecule has 0 spiro atoms. The van der Waals surface area contributed by atoms with E-state index in [0.717, 1.165) is 6.42 Å². The molecule has 31 heavy (non-hydrogen) atoms. The molecule has 0 saturated heterocycles. The van der Waals surface area contributed by atoms with E-state index in [1.807, 2.05) is 0 Å². The van der Waals surface area contributed by atoms with E-state index in [0.29, 0.717) is 0 Å². The van der Waals surface area contributed by atoms with Gasteiger partial charge in [0.2, 0.25) is 0 Å². The molecule has 0 aliphatic heterocycles. The van der Waals surface area contributed by atoms with Gasteiger partial charge in [0, 0.05) is 0 Å². The molecule has 0 saturated carbocycles. The summed E-state index contributed by atoms with van der Waals surface area (Å²) >= 11 is 2.34. The first-order chi connectivity index (χ1) is 12.9. The predicted molar refractivity (Wildman–Crippen MR) is 122 cm³/mol. The van der Waals surface area contributed by atoms with Crippen molar-refractivity contribution < 1.29 is 57.7 Å². The van der Waals surface area contributed by atoms with Crippen LogP contribution in [0, 0.1) is 33.1 Å². The van der Waals surface area contributed by atoms with Crippen LogP contribution in [-0.2, 0) is 20.4 Å². The Bertz CT molecular complexity index is 908. The summed E-state index contributed by atoms with van der Waals surface area (Å²) in [5, 5.41) is 4.71. The molecule has 166 valence electrons. The van der Waals surface area contributed by atoms with Crippen molar-refractivity contribution in [1.82, 2.24) is 0 Å². The molecule has 0 fully saturated rings. The second kappa shape index (κ2) is 11.2. The predicted octanol–water partition coefficient (Wildman–Crippen LogP) is -3.16. The van der Waals surface area contributed by atoms with Gasteiger partial charge in [0.1, 0.15) is 0 Å². The van der Waals surface area contributed by atoms with Gasteiger partial charge in [-0.2, -0.15) is 0 Å². The van der Waals surface area contributed by atoms with E-state index in [1.54, 1.807) is 14.6 Å². The zero-order valence-electron chi connectivity index (χ0n) is 19.9. The average molecular weight is 528 g/mol. The van der Waals surface area contributed by atoms with E-state index in [2.05, 4.69) is 118 Å². The van der Waals surface area contributed by atoms with Gasteiger partial charge in [-0.25, -0.2) is 0 Å². The Kier molecular flexibility index (Phi) is 11.1. The Morgan fingerprint density at radius 2 is 1.06 bits per heavy atom. The summed E-state index contributed by atoms with van der Waals surface area (Å²) in [4.78, 5) is 0. The molecule has 0 unspecified atom stereocenters. The Hall–Kier alpha value is -0.279. The minimum atomic E-state index is -2.11. The van der Waals surface area contributed by atoms with Gasteiger partial charge in [0.05, 0.1) is 0 Å². The normalized spacial score (nSPS) is 13.8. The topological polar surface area (TPSA) is 0 Å². The number of allylic oxidation sites excluding steroid dienone is 4. The zero-order chi connectivity index (χ0) is 20.9. The molecular weight excluding hydrogens is 495 g/mol. The van der Waals surface area contributed by atoms with Crippen LogP contribution >= 0.6 is 0 Å². The minimum Gasteiger partial charge on any atom is -1.00 e. The number of benzene rings is 2. The van der Waals surface area contributed by atoms with Crippen LogP contribution in [0.1, 0.15) is 49.4 Å². The maximum atomic E-state index is 2.58. The molecule has 2 aromatic rings. The monoisotopic (exact) mass is 526 g/mol. The molecule has 0 heterocycles. The molecule has 1 aliphatic rings. The summed E-state index contributed by atoms with van der Waals surface area (Å²) in [6, 6.07) is 14.4. The van der Waals surface area contributed by atoms with Gasteiger partial charge in [0.15, 0.2) is 0 Å². The summed E-state index contributed by atoms with van der Waals surface area (Å²) in [5.41, 5.74) is 7.24. The van der Waals surface area contributed by atoms with Crippen molar-refractivity contribution >= 4 is 18.4 Å². The fourth-order valence-electron chi connectivity index (χ4n) is 4.89. The molecule has 0 amide bonds. The molecule has 0 atom stereocenters. The molecule has 0 aromatic heterocycles. The average Bonchev–Trinajstić information content (AvgIpc) is 2.94. The molecule has 5 heteroatoms. The van der Waals surface area contributed by atoms with Crippen molar-refractivity contribution in [3.63, 3.8) is 0 Å². The van der Waals surface area contributed by atoms with Crippen LogP contribution in [0.4, 0.5) is 0 Å². The summed E-state index contributed by atoms with van der Waals surface area (Å²) in [6.07, 6.45) is 3.65. The smallest absolute Gasteiger partial charge is 1.00 e. The van der Waals surface area contributed by atoms with E-state index in [9.17, 15) is 0 Å². The molecule has 0 N–H and O–H groups in total. The van der Waals surface area contributed by atoms with Crippen LogP contribution < -0.4 is 47.6 Å². The largest absolute Gasteiger partial charge is 1.00 e. The molecule has 0 bridgehead atoms. The first-order valence-electron chi connectivity index (χ1n) is 10.3. The van der Waals surface area contributed by atoms with Crippen molar-refractivity contribution in [2.45, 2.75) is 61.4 Å². The van der Waals surface area contributed by atoms with Gasteiger partial charge in [-0.1, -0.05) is 0 Å². The van der Waals surface area contributed by atoms with Crippen molar-refractivity contribution in [3.05, 3.63) is 79.4 Å². The van der Waals surface area contributed by atoms with E-state index < -0.39 is 8.07 Å². The fourth-order valence-corrected chi connectivity index (χ4v) is 10.6. The Morgan fingerprint density at radius 1 is 0.710 bits per heavy atom. The number of hydrogen-bond acceptors (Lipinski definition) is 0. The molecule has 0 nitrogen and oxygen atoms in total. The third-order valence-corrected chi connectivity index (χ3v) is 11.1. The summed E-state index contributed by atoms with van der Waals surface area (Å²) in [7, 11) is -2.11. The molecular formula is C26H33Cl3SiTi. The van der Waals surface area contributed by atoms with Gasteiger partial charge >= 0.3 is 185 Å². The van der Waals surface area contributed by atoms with Crippen LogP contribution in [0.2, 0.25) is 6.55 Å². The van der Waals surface area contributed by atoms with Crippen molar-refractivity contribution in [1.29, 1.82) is 0 Å². The second-order valence-corrected chi connectivity index (χ2v) is 14.7. The van der Waals surface area contributed by atoms with Gasteiger partial charge in [-0.05, 0) is 0 Å². The number of rotatable bonds is 3. The van der Waals surface area contributed by atoms with Crippen LogP contribution in [0.5, 0.6) is 0 Å². The third-order valence-electron chi connectivity index (χ3n) is 5.97. The van der Waals surface area contributed by atoms with Crippen molar-refractivity contribution in [2.24, 2.45) is 5.41 Å². The first kappa shape index (κ1) is 30.7. The van der Waals surface area contributed by atoms with E-state index >= 15 is 0 Å². The quantitative estimate of drug-likeness (QED) is 0.370. The first-order valence-corrected chi connectivity index (χ1v) is 13.5. The van der Waals surface area contributed by atoms with Crippen molar-refractivity contribution in [2.75, 3.05) is 0 Å². The van der Waals surface area contributed by atoms with Gasteiger partial charge in [0.25, 0.3) is 0 Å². The van der Waals surface area contributed by atoms with E-state index in [1.165, 1.54) is 32.6 Å². The van der Waals surface area contributed by atoms with E-state index in [4.69, 9.17) is 0 Å². The Labute approximate surface area is 221 Å². The van der Waals surface area contributed by atoms with Crippen molar-refractivity contribution in [3.8, 4) is 0 Å². The zero-order valence-corrected chi connectivity index (χ0v) is 24.7. The standard InChI is InChI=1S/C26H33Si.3ClH.Ti/c1-18-12-19(2)15-22(14-18)27(8,23-16-20(3)13-21(4)17-23)25-11-9-10-24(25)26(5,6)7;;;;/h11-17H,9H2,1-8H3;3*1H;/q;;;;+3/p-3. The minimum absolute atomic E-state index is 0. The number of aryl methyl sites for hydroxylation is 4. The Balaban J connectivity index is 0.00000300. The molecule has 2 aromatic carbocycles. The SMILES string of the molecule is Cc1cc(C)cc([Si](C)(C2=CC[C]([Ti+3])=C2C(C)(C)C)c2cc(C)cc(C)c2)c1.[Cl-].[Cl-].[Cl-]. The maximum Gasteiger partial charge on any atom is -1.00 e. The molecule has 0 radical (unpaired) electrons. The number of hydrogen-bond donors (Lipinski definition) is 0. The van der Waals surface area contributed by atoms with Crippen LogP contribution in [0.15, 0.2) is 57.1 Å². The van der Waals surface area contributed by atoms with E-state index in [-0.39, 0.29) is 42.6 Å². The maximum absolute atomic E-state index is 2.58. The second-order valence-electron chi connectivity index (χ2n) is 9.80. The molecule has 3 rings (SSSR count). The van der Waals surface area contributed by atoms with Crippen LogP contribution in [0.3, 0.4) is 0 Å². The number of halogens is 3. The van der Waals surface area contributed by atoms with Crippen LogP contribution in [0.25, 0.3) is 0 Å². The molecule has 1 aliphatic carbocycles. The van der Waals surface area contributed by atoms with Gasteiger partial charge in [-0.3, -0.25) is 0 Å². The fraction of sp³-hybridized carbons (Fsp3) is 0.385. The van der Waals surface area contributed by atoms with Gasteiger partial charge < -0.3 is 37.2 Å². The van der Waals surface area contributed by atoms with Gasteiger partial charge in [-0.15, -0.1) is 0 Å². The van der Waals surface area contributed by atoms with Crippen LogP contribution in [-0.4, -0.2) is 8.07 Å². The summed E-state index contributed by atoms with van der Waals surface area (Å²) in [5.74, 6) is 0. The third kappa shape index (κ3) is 6.19. The Morgan fingerprint density at radius 3 is 1.39 bits per heavy atom.